The van der Waals surface area contributed by atoms with Crippen molar-refractivity contribution in [1.29, 1.82) is 0 Å². The van der Waals surface area contributed by atoms with Crippen molar-refractivity contribution in [3.05, 3.63) is 0 Å². The van der Waals surface area contributed by atoms with Gasteiger partial charge in [0.1, 0.15) is 0 Å². The fourth-order valence-electron chi connectivity index (χ4n) is 1.91. The summed E-state index contributed by atoms with van der Waals surface area (Å²) in [5.41, 5.74) is 0.132. The summed E-state index contributed by atoms with van der Waals surface area (Å²) in [5, 5.41) is 6.27. The van der Waals surface area contributed by atoms with Gasteiger partial charge in [0.05, 0.1) is 0 Å². The average molecular weight is 293 g/mol. The maximum atomic E-state index is 11.9. The molecule has 0 saturated heterocycles. The minimum atomic E-state index is 0. The minimum Gasteiger partial charge on any atom is -0.353 e. The zero-order valence-corrected chi connectivity index (χ0v) is 14.3. The van der Waals surface area contributed by atoms with Crippen LogP contribution in [0.15, 0.2) is 0 Å². The molecule has 0 aromatic heterocycles. The normalized spacial score (nSPS) is 13.0. The van der Waals surface area contributed by atoms with Gasteiger partial charge in [-0.2, -0.15) is 0 Å². The van der Waals surface area contributed by atoms with E-state index in [0.29, 0.717) is 12.3 Å². The standard InChI is InChI=1S/C15H32N2O.ClH/c1-12(2)9-10-13(15(3,4)5)17-14(18)8-7-11-16-6;/h12-13,16H,7-11H2,1-6H3,(H,17,18);1H. The molecule has 0 radical (unpaired) electrons. The number of carbonyl (C=O) groups excluding carboxylic acids is 1. The van der Waals surface area contributed by atoms with Crippen LogP contribution in [0.1, 0.15) is 60.3 Å². The molecular weight excluding hydrogens is 260 g/mol. The largest absolute Gasteiger partial charge is 0.353 e. The summed E-state index contributed by atoms with van der Waals surface area (Å²) in [7, 11) is 1.92. The van der Waals surface area contributed by atoms with Crippen LogP contribution in [0.4, 0.5) is 0 Å². The van der Waals surface area contributed by atoms with Crippen molar-refractivity contribution in [2.24, 2.45) is 11.3 Å². The highest BCUT2D eigenvalue weighted by Gasteiger charge is 2.25. The van der Waals surface area contributed by atoms with E-state index < -0.39 is 0 Å². The Balaban J connectivity index is 0. The number of rotatable bonds is 8. The molecule has 0 rings (SSSR count). The predicted molar refractivity (Wildman–Crippen MR) is 85.9 cm³/mol. The summed E-state index contributed by atoms with van der Waals surface area (Å²) < 4.78 is 0. The molecule has 1 atom stereocenters. The number of hydrogen-bond donors (Lipinski definition) is 2. The second kappa shape index (κ2) is 10.5. The van der Waals surface area contributed by atoms with Crippen LogP contribution in [0.5, 0.6) is 0 Å². The Bertz CT molecular complexity index is 237. The zero-order valence-electron chi connectivity index (χ0n) is 13.5. The molecule has 19 heavy (non-hydrogen) atoms. The first kappa shape index (κ1) is 21.0. The van der Waals surface area contributed by atoms with Gasteiger partial charge in [-0.25, -0.2) is 0 Å². The van der Waals surface area contributed by atoms with Crippen molar-refractivity contribution in [3.8, 4) is 0 Å². The first-order valence-electron chi connectivity index (χ1n) is 7.21. The van der Waals surface area contributed by atoms with E-state index in [1.165, 1.54) is 6.42 Å². The van der Waals surface area contributed by atoms with Crippen LogP contribution in [0, 0.1) is 11.3 Å². The van der Waals surface area contributed by atoms with E-state index >= 15 is 0 Å². The molecule has 116 valence electrons. The molecule has 3 nitrogen and oxygen atoms in total. The number of nitrogens with one attached hydrogen (secondary N) is 2. The molecule has 0 aliphatic carbocycles. The quantitative estimate of drug-likeness (QED) is 0.674. The molecule has 4 heteroatoms. The second-order valence-corrected chi connectivity index (χ2v) is 6.66. The lowest BCUT2D eigenvalue weighted by molar-refractivity contribution is -0.122. The maximum Gasteiger partial charge on any atom is 0.220 e. The Kier molecular flexibility index (Phi) is 11.6. The highest BCUT2D eigenvalue weighted by atomic mass is 35.5. The van der Waals surface area contributed by atoms with E-state index in [9.17, 15) is 4.79 Å². The third kappa shape index (κ3) is 11.3. The SMILES string of the molecule is CNCCCC(=O)NC(CCC(C)C)C(C)(C)C.Cl. The van der Waals surface area contributed by atoms with Crippen LogP contribution < -0.4 is 10.6 Å². The van der Waals surface area contributed by atoms with Gasteiger partial charge in [-0.1, -0.05) is 34.6 Å². The van der Waals surface area contributed by atoms with Crippen LogP contribution in [-0.2, 0) is 4.79 Å². The summed E-state index contributed by atoms with van der Waals surface area (Å²) in [6.45, 7) is 12.0. The lowest BCUT2D eigenvalue weighted by Gasteiger charge is -2.32. The summed E-state index contributed by atoms with van der Waals surface area (Å²) in [6.07, 6.45) is 3.76. The Morgan fingerprint density at radius 3 is 2.16 bits per heavy atom. The van der Waals surface area contributed by atoms with E-state index in [4.69, 9.17) is 0 Å². The van der Waals surface area contributed by atoms with Crippen molar-refractivity contribution in [2.75, 3.05) is 13.6 Å². The van der Waals surface area contributed by atoms with E-state index in [1.54, 1.807) is 0 Å². The summed E-state index contributed by atoms with van der Waals surface area (Å²) in [6, 6.07) is 0.280. The summed E-state index contributed by atoms with van der Waals surface area (Å²) in [4.78, 5) is 11.9. The Hall–Kier alpha value is -0.280. The first-order chi connectivity index (χ1) is 8.27. The third-order valence-corrected chi connectivity index (χ3v) is 3.24. The average Bonchev–Trinajstić information content (AvgIpc) is 2.22. The fourth-order valence-corrected chi connectivity index (χ4v) is 1.91. The van der Waals surface area contributed by atoms with Crippen molar-refractivity contribution in [2.45, 2.75) is 66.3 Å². The highest BCUT2D eigenvalue weighted by Crippen LogP contribution is 2.24. The van der Waals surface area contributed by atoms with Gasteiger partial charge in [0.2, 0.25) is 5.91 Å². The van der Waals surface area contributed by atoms with Gasteiger partial charge in [-0.3, -0.25) is 4.79 Å². The zero-order chi connectivity index (χ0) is 14.2. The van der Waals surface area contributed by atoms with Gasteiger partial charge in [0, 0.05) is 12.5 Å². The van der Waals surface area contributed by atoms with Gasteiger partial charge >= 0.3 is 0 Å². The number of hydrogen-bond acceptors (Lipinski definition) is 2. The van der Waals surface area contributed by atoms with Gasteiger partial charge in [-0.05, 0) is 44.2 Å². The van der Waals surface area contributed by atoms with Crippen LogP contribution >= 0.6 is 12.4 Å². The first-order valence-corrected chi connectivity index (χ1v) is 7.21. The van der Waals surface area contributed by atoms with E-state index in [-0.39, 0.29) is 29.8 Å². The molecule has 0 spiro atoms. The lowest BCUT2D eigenvalue weighted by Crippen LogP contribution is -2.43. The van der Waals surface area contributed by atoms with Gasteiger partial charge in [0.15, 0.2) is 0 Å². The molecule has 0 aromatic carbocycles. The van der Waals surface area contributed by atoms with Crippen molar-refractivity contribution >= 4 is 18.3 Å². The molecule has 1 amide bonds. The van der Waals surface area contributed by atoms with E-state index in [1.807, 2.05) is 7.05 Å². The Morgan fingerprint density at radius 2 is 1.74 bits per heavy atom. The Labute approximate surface area is 125 Å². The molecule has 0 bridgehead atoms. The molecule has 1 unspecified atom stereocenters. The highest BCUT2D eigenvalue weighted by molar-refractivity contribution is 5.85. The van der Waals surface area contributed by atoms with Crippen LogP contribution in [-0.4, -0.2) is 25.5 Å². The fraction of sp³-hybridized carbons (Fsp3) is 0.933. The number of amides is 1. The molecule has 0 aromatic rings. The second-order valence-electron chi connectivity index (χ2n) is 6.66. The number of carbonyl (C=O) groups is 1. The van der Waals surface area contributed by atoms with Crippen LogP contribution in [0.25, 0.3) is 0 Å². The van der Waals surface area contributed by atoms with Crippen molar-refractivity contribution in [1.82, 2.24) is 10.6 Å². The van der Waals surface area contributed by atoms with Gasteiger partial charge in [-0.15, -0.1) is 12.4 Å². The minimum absolute atomic E-state index is 0. The topological polar surface area (TPSA) is 41.1 Å². The van der Waals surface area contributed by atoms with Gasteiger partial charge in [0.25, 0.3) is 0 Å². The van der Waals surface area contributed by atoms with Crippen molar-refractivity contribution < 1.29 is 4.79 Å². The predicted octanol–water partition coefficient (Wildman–Crippen LogP) is 3.37. The number of halogens is 1. The molecule has 0 fully saturated rings. The third-order valence-electron chi connectivity index (χ3n) is 3.24. The van der Waals surface area contributed by atoms with Crippen molar-refractivity contribution in [3.63, 3.8) is 0 Å². The van der Waals surface area contributed by atoms with E-state index in [0.717, 1.165) is 19.4 Å². The smallest absolute Gasteiger partial charge is 0.220 e. The molecule has 0 aliphatic rings. The molecule has 0 aliphatic heterocycles. The summed E-state index contributed by atoms with van der Waals surface area (Å²) in [5.74, 6) is 0.880. The van der Waals surface area contributed by atoms with E-state index in [2.05, 4.69) is 45.3 Å². The molecule has 2 N–H and O–H groups in total. The maximum absolute atomic E-state index is 11.9. The monoisotopic (exact) mass is 292 g/mol. The molecule has 0 heterocycles. The van der Waals surface area contributed by atoms with Crippen LogP contribution in [0.3, 0.4) is 0 Å². The van der Waals surface area contributed by atoms with Crippen LogP contribution in [0.2, 0.25) is 0 Å². The lowest BCUT2D eigenvalue weighted by atomic mass is 9.82. The summed E-state index contributed by atoms with van der Waals surface area (Å²) >= 11 is 0. The molecular formula is C15H33ClN2O. The van der Waals surface area contributed by atoms with Gasteiger partial charge < -0.3 is 10.6 Å². The Morgan fingerprint density at radius 1 is 1.16 bits per heavy atom. The molecule has 0 saturated carbocycles.